The molecule has 0 aliphatic heterocycles. The second-order valence-electron chi connectivity index (χ2n) is 4.29. The lowest BCUT2D eigenvalue weighted by Gasteiger charge is -2.11. The molecule has 4 N–H and O–H groups in total. The van der Waals surface area contributed by atoms with Gasteiger partial charge in [-0.25, -0.2) is 17.9 Å². The Morgan fingerprint density at radius 1 is 1.50 bits per heavy atom. The monoisotopic (exact) mass is 318 g/mol. The summed E-state index contributed by atoms with van der Waals surface area (Å²) >= 11 is 1.64. The van der Waals surface area contributed by atoms with Crippen molar-refractivity contribution in [3.8, 4) is 0 Å². The van der Waals surface area contributed by atoms with Crippen molar-refractivity contribution in [1.29, 1.82) is 0 Å². The van der Waals surface area contributed by atoms with Crippen LogP contribution in [0.25, 0.3) is 0 Å². The van der Waals surface area contributed by atoms with Crippen LogP contribution < -0.4 is 10.5 Å². The second kappa shape index (κ2) is 6.96. The summed E-state index contributed by atoms with van der Waals surface area (Å²) in [6, 6.07) is 3.71. The fourth-order valence-electron chi connectivity index (χ4n) is 1.54. The number of benzene rings is 1. The minimum absolute atomic E-state index is 0.206. The van der Waals surface area contributed by atoms with Gasteiger partial charge in [-0.05, 0) is 30.9 Å². The molecule has 0 fully saturated rings. The van der Waals surface area contributed by atoms with Gasteiger partial charge in [0.05, 0.1) is 10.5 Å². The Bertz CT molecular complexity index is 587. The topological polar surface area (TPSA) is 109 Å². The van der Waals surface area contributed by atoms with E-state index in [1.807, 2.05) is 13.2 Å². The Balaban J connectivity index is 2.95. The van der Waals surface area contributed by atoms with Crippen LogP contribution in [0.3, 0.4) is 0 Å². The van der Waals surface area contributed by atoms with Crippen molar-refractivity contribution >= 4 is 33.4 Å². The van der Waals surface area contributed by atoms with Gasteiger partial charge in [0.2, 0.25) is 10.0 Å². The number of sulfonamides is 1. The molecule has 0 aliphatic carbocycles. The summed E-state index contributed by atoms with van der Waals surface area (Å²) < 4.78 is 26.6. The highest BCUT2D eigenvalue weighted by atomic mass is 32.2. The van der Waals surface area contributed by atoms with Gasteiger partial charge >= 0.3 is 5.97 Å². The van der Waals surface area contributed by atoms with Gasteiger partial charge in [0.1, 0.15) is 0 Å². The van der Waals surface area contributed by atoms with Gasteiger partial charge in [-0.2, -0.15) is 11.8 Å². The molecule has 1 unspecified atom stereocenters. The Hall–Kier alpha value is -1.25. The fraction of sp³-hybridized carbons (Fsp3) is 0.417. The summed E-state index contributed by atoms with van der Waals surface area (Å²) in [6.07, 6.45) is 2.61. The SMILES string of the molecule is CSC(C)CCNS(=O)(=O)c1ccc(N)cc1C(=O)O. The van der Waals surface area contributed by atoms with Crippen LogP contribution in [0.2, 0.25) is 0 Å². The summed E-state index contributed by atoms with van der Waals surface area (Å²) in [6.45, 7) is 2.25. The number of anilines is 1. The Kier molecular flexibility index (Phi) is 5.85. The van der Waals surface area contributed by atoms with Gasteiger partial charge in [-0.15, -0.1) is 0 Å². The van der Waals surface area contributed by atoms with E-state index >= 15 is 0 Å². The zero-order chi connectivity index (χ0) is 15.3. The number of hydrogen-bond donors (Lipinski definition) is 3. The third-order valence-electron chi connectivity index (χ3n) is 2.77. The normalized spacial score (nSPS) is 13.1. The summed E-state index contributed by atoms with van der Waals surface area (Å²) in [5.74, 6) is -1.32. The fourth-order valence-corrected chi connectivity index (χ4v) is 3.12. The van der Waals surface area contributed by atoms with Crippen LogP contribution in [0.5, 0.6) is 0 Å². The quantitative estimate of drug-likeness (QED) is 0.655. The zero-order valence-corrected chi connectivity index (χ0v) is 12.9. The molecule has 0 spiro atoms. The number of carboxylic acids is 1. The van der Waals surface area contributed by atoms with Crippen LogP contribution in [0.1, 0.15) is 23.7 Å². The molecule has 0 heterocycles. The number of hydrogen-bond acceptors (Lipinski definition) is 5. The average Bonchev–Trinajstić information content (AvgIpc) is 2.37. The van der Waals surface area contributed by atoms with Crippen molar-refractivity contribution in [3.05, 3.63) is 23.8 Å². The van der Waals surface area contributed by atoms with E-state index in [4.69, 9.17) is 10.8 Å². The lowest BCUT2D eigenvalue weighted by molar-refractivity contribution is 0.0692. The van der Waals surface area contributed by atoms with Crippen LogP contribution in [-0.4, -0.2) is 37.5 Å². The molecule has 0 saturated carbocycles. The van der Waals surface area contributed by atoms with Crippen LogP contribution in [0, 0.1) is 0 Å². The molecule has 8 heteroatoms. The largest absolute Gasteiger partial charge is 0.478 e. The van der Waals surface area contributed by atoms with Crippen molar-refractivity contribution < 1.29 is 18.3 Å². The molecule has 0 aliphatic rings. The molecule has 0 amide bonds. The third kappa shape index (κ3) is 4.39. The molecule has 1 aromatic carbocycles. The van der Waals surface area contributed by atoms with Crippen LogP contribution in [0.15, 0.2) is 23.1 Å². The summed E-state index contributed by atoms with van der Waals surface area (Å²) in [4.78, 5) is 10.8. The van der Waals surface area contributed by atoms with E-state index in [0.29, 0.717) is 11.7 Å². The number of carboxylic acid groups (broad SMARTS) is 1. The smallest absolute Gasteiger partial charge is 0.337 e. The van der Waals surface area contributed by atoms with Gasteiger partial charge < -0.3 is 10.8 Å². The van der Waals surface area contributed by atoms with E-state index in [0.717, 1.165) is 6.07 Å². The van der Waals surface area contributed by atoms with E-state index in [2.05, 4.69) is 4.72 Å². The molecule has 0 radical (unpaired) electrons. The van der Waals surface area contributed by atoms with Gasteiger partial charge in [-0.1, -0.05) is 6.92 Å². The Morgan fingerprint density at radius 3 is 2.70 bits per heavy atom. The first-order valence-corrected chi connectivity index (χ1v) is 8.70. The maximum Gasteiger partial charge on any atom is 0.337 e. The molecule has 0 bridgehead atoms. The third-order valence-corrected chi connectivity index (χ3v) is 5.33. The molecule has 1 atom stereocenters. The lowest BCUT2D eigenvalue weighted by atomic mass is 10.2. The number of carbonyl (C=O) groups is 1. The highest BCUT2D eigenvalue weighted by Crippen LogP contribution is 2.19. The molecular weight excluding hydrogens is 300 g/mol. The number of aromatic carboxylic acids is 1. The highest BCUT2D eigenvalue weighted by molar-refractivity contribution is 7.99. The first-order valence-electron chi connectivity index (χ1n) is 5.93. The van der Waals surface area contributed by atoms with Gasteiger partial charge in [0.15, 0.2) is 0 Å². The van der Waals surface area contributed by atoms with E-state index in [9.17, 15) is 13.2 Å². The number of rotatable bonds is 7. The maximum absolute atomic E-state index is 12.1. The maximum atomic E-state index is 12.1. The number of thioether (sulfide) groups is 1. The standard InChI is InChI=1S/C12H18N2O4S2/c1-8(19-2)5-6-14-20(17,18)11-4-3-9(13)7-10(11)12(15)16/h3-4,7-8,14H,5-6,13H2,1-2H3,(H,15,16). The molecule has 6 nitrogen and oxygen atoms in total. The van der Waals surface area contributed by atoms with Crippen molar-refractivity contribution in [2.24, 2.45) is 0 Å². The van der Waals surface area contributed by atoms with Crippen molar-refractivity contribution in [3.63, 3.8) is 0 Å². The predicted octanol–water partition coefficient (Wildman–Crippen LogP) is 1.39. The average molecular weight is 318 g/mol. The molecule has 0 aromatic heterocycles. The lowest BCUT2D eigenvalue weighted by Crippen LogP contribution is -2.27. The van der Waals surface area contributed by atoms with Crippen LogP contribution in [-0.2, 0) is 10.0 Å². The highest BCUT2D eigenvalue weighted by Gasteiger charge is 2.22. The van der Waals surface area contributed by atoms with Crippen molar-refractivity contribution in [1.82, 2.24) is 4.72 Å². The number of nitrogens with two attached hydrogens (primary N) is 1. The first kappa shape index (κ1) is 16.8. The minimum Gasteiger partial charge on any atom is -0.478 e. The molecule has 20 heavy (non-hydrogen) atoms. The summed E-state index contributed by atoms with van der Waals surface area (Å²) in [5, 5.41) is 9.38. The van der Waals surface area contributed by atoms with Crippen LogP contribution >= 0.6 is 11.8 Å². The van der Waals surface area contributed by atoms with Crippen molar-refractivity contribution in [2.45, 2.75) is 23.5 Å². The van der Waals surface area contributed by atoms with E-state index < -0.39 is 16.0 Å². The van der Waals surface area contributed by atoms with E-state index in [1.54, 1.807) is 11.8 Å². The predicted molar refractivity (Wildman–Crippen MR) is 80.6 cm³/mol. The van der Waals surface area contributed by atoms with E-state index in [1.165, 1.54) is 12.1 Å². The Morgan fingerprint density at radius 2 is 2.15 bits per heavy atom. The molecular formula is C12H18N2O4S2. The first-order chi connectivity index (χ1) is 9.27. The molecule has 1 rings (SSSR count). The van der Waals surface area contributed by atoms with Gasteiger partial charge in [0, 0.05) is 17.5 Å². The van der Waals surface area contributed by atoms with Gasteiger partial charge in [-0.3, -0.25) is 0 Å². The summed E-state index contributed by atoms with van der Waals surface area (Å²) in [7, 11) is -3.85. The zero-order valence-electron chi connectivity index (χ0n) is 11.3. The molecule has 112 valence electrons. The molecule has 1 aromatic rings. The number of nitrogen functional groups attached to an aromatic ring is 1. The van der Waals surface area contributed by atoms with Crippen molar-refractivity contribution in [2.75, 3.05) is 18.5 Å². The molecule has 0 saturated heterocycles. The van der Waals surface area contributed by atoms with Crippen LogP contribution in [0.4, 0.5) is 5.69 Å². The number of nitrogens with one attached hydrogen (secondary N) is 1. The second-order valence-corrected chi connectivity index (χ2v) is 7.31. The summed E-state index contributed by atoms with van der Waals surface area (Å²) in [5.41, 5.74) is 5.37. The minimum atomic E-state index is -3.85. The Labute approximate surface area is 122 Å². The van der Waals surface area contributed by atoms with E-state index in [-0.39, 0.29) is 22.7 Å². The van der Waals surface area contributed by atoms with Gasteiger partial charge in [0.25, 0.3) is 0 Å².